The second-order valence-electron chi connectivity index (χ2n) is 6.39. The van der Waals surface area contributed by atoms with Crippen LogP contribution in [0.5, 0.6) is 0 Å². The van der Waals surface area contributed by atoms with E-state index in [2.05, 4.69) is 0 Å². The minimum absolute atomic E-state index is 0.211. The first-order chi connectivity index (χ1) is 12.9. The van der Waals surface area contributed by atoms with Crippen molar-refractivity contribution in [2.75, 3.05) is 20.2 Å². The lowest BCUT2D eigenvalue weighted by molar-refractivity contribution is 0.00171. The van der Waals surface area contributed by atoms with Crippen LogP contribution >= 0.6 is 0 Å². The molecule has 0 atom stereocenters. The van der Waals surface area contributed by atoms with Crippen molar-refractivity contribution in [2.45, 2.75) is 45.3 Å². The predicted octanol–water partition coefficient (Wildman–Crippen LogP) is 5.93. The molecule has 1 saturated heterocycles. The third-order valence-corrected chi connectivity index (χ3v) is 2.43. The highest BCUT2D eigenvalue weighted by Gasteiger charge is 2.26. The fraction of sp³-hybridized carbons (Fsp3) is 0.909. The van der Waals surface area contributed by atoms with Crippen LogP contribution in [0.2, 0.25) is 0 Å². The Morgan fingerprint density at radius 3 is 1.23 bits per heavy atom. The summed E-state index contributed by atoms with van der Waals surface area (Å²) < 4.78 is 128. The van der Waals surface area contributed by atoms with Crippen LogP contribution in [0, 0.1) is 0 Å². The number of ether oxygens (including phenoxy) is 2. The van der Waals surface area contributed by atoms with Crippen molar-refractivity contribution in [3.63, 3.8) is 0 Å². The smallest absolute Gasteiger partial charge is 0.444 e. The Morgan fingerprint density at radius 1 is 0.767 bits per heavy atom. The Hall–Kier alpha value is -1.42. The minimum atomic E-state index is -6.00. The first-order valence-electron chi connectivity index (χ1n) is 8.05. The summed E-state index contributed by atoms with van der Waals surface area (Å²) in [5.74, 6) is 0. The van der Waals surface area contributed by atoms with Crippen LogP contribution in [0.1, 0.15) is 33.6 Å². The van der Waals surface area contributed by atoms with E-state index in [1.165, 1.54) is 0 Å². The molecule has 1 rings (SSSR count). The van der Waals surface area contributed by atoms with Crippen molar-refractivity contribution >= 4 is 27.9 Å². The molecular weight excluding hydrogens is 455 g/mol. The number of piperidine rings is 1. The Bertz CT molecular complexity index is 413. The second-order valence-corrected chi connectivity index (χ2v) is 6.39. The van der Waals surface area contributed by atoms with Crippen molar-refractivity contribution in [1.29, 1.82) is 0 Å². The standard InChI is InChI=1S/C11H21NO3.3BF4/c1-11(2,3)15-10(13)12-7-5-9(14-4)6-8-12;3*2-1(3,4)5/h9H,5-8H2,1-4H3;;;/q;3*-1. The fourth-order valence-electron chi connectivity index (χ4n) is 1.60. The maximum absolute atomic E-state index is 11.7. The number of methoxy groups -OCH3 is 1. The summed E-state index contributed by atoms with van der Waals surface area (Å²) in [7, 11) is -16.3. The highest BCUT2D eigenvalue weighted by Crippen LogP contribution is 2.16. The summed E-state index contributed by atoms with van der Waals surface area (Å²) in [6.45, 7) is 7.10. The molecule has 0 spiro atoms. The average Bonchev–Trinajstić information content (AvgIpc) is 2.40. The van der Waals surface area contributed by atoms with Gasteiger partial charge in [-0.3, -0.25) is 0 Å². The van der Waals surface area contributed by atoms with Crippen molar-refractivity contribution < 1.29 is 66.1 Å². The number of likely N-dealkylation sites (tertiary alicyclic amines) is 1. The van der Waals surface area contributed by atoms with E-state index >= 15 is 0 Å². The number of hydrogen-bond donors (Lipinski definition) is 0. The first kappa shape index (κ1) is 33.2. The third kappa shape index (κ3) is 45.4. The molecule has 30 heavy (non-hydrogen) atoms. The Labute approximate surface area is 165 Å². The lowest BCUT2D eigenvalue weighted by Gasteiger charge is -2.32. The van der Waals surface area contributed by atoms with Gasteiger partial charge in [-0.1, -0.05) is 0 Å². The Morgan fingerprint density at radius 2 is 1.03 bits per heavy atom. The van der Waals surface area contributed by atoms with Crippen molar-refractivity contribution in [2.24, 2.45) is 0 Å². The molecule has 0 saturated carbocycles. The molecule has 0 N–H and O–H groups in total. The van der Waals surface area contributed by atoms with Crippen molar-refractivity contribution in [1.82, 2.24) is 4.90 Å². The van der Waals surface area contributed by atoms with E-state index in [4.69, 9.17) is 9.47 Å². The van der Waals surface area contributed by atoms with Crippen molar-refractivity contribution in [3.05, 3.63) is 0 Å². The predicted molar refractivity (Wildman–Crippen MR) is 88.4 cm³/mol. The van der Waals surface area contributed by atoms with Gasteiger partial charge in [0.05, 0.1) is 6.10 Å². The molecule has 1 amide bonds. The molecule has 0 unspecified atom stereocenters. The molecule has 0 aromatic heterocycles. The number of amides is 1. The van der Waals surface area contributed by atoms with Gasteiger partial charge in [-0.05, 0) is 33.6 Å². The molecule has 0 radical (unpaired) electrons. The Kier molecular flexibility index (Phi) is 15.3. The van der Waals surface area contributed by atoms with E-state index in [0.29, 0.717) is 6.10 Å². The van der Waals surface area contributed by atoms with E-state index in [9.17, 15) is 56.6 Å². The van der Waals surface area contributed by atoms with Crippen LogP contribution in [0.3, 0.4) is 0 Å². The van der Waals surface area contributed by atoms with Gasteiger partial charge in [-0.25, -0.2) is 4.79 Å². The molecule has 0 aliphatic carbocycles. The van der Waals surface area contributed by atoms with E-state index in [0.717, 1.165) is 25.9 Å². The topological polar surface area (TPSA) is 38.8 Å². The highest BCUT2D eigenvalue weighted by atomic mass is 19.5. The van der Waals surface area contributed by atoms with Crippen LogP contribution < -0.4 is 0 Å². The van der Waals surface area contributed by atoms with E-state index in [1.807, 2.05) is 20.8 Å². The summed E-state index contributed by atoms with van der Waals surface area (Å²) in [6, 6.07) is 0. The van der Waals surface area contributed by atoms with Gasteiger partial charge >= 0.3 is 27.9 Å². The molecule has 1 aliphatic rings. The number of carbonyl (C=O) groups excluding carboxylic acids is 1. The van der Waals surface area contributed by atoms with Crippen LogP contribution in [0.15, 0.2) is 0 Å². The van der Waals surface area contributed by atoms with Crippen LogP contribution in [0.4, 0.5) is 56.6 Å². The van der Waals surface area contributed by atoms with Gasteiger partial charge in [-0.15, -0.1) is 0 Å². The van der Waals surface area contributed by atoms with E-state index in [1.54, 1.807) is 12.0 Å². The van der Waals surface area contributed by atoms with Gasteiger partial charge in [0, 0.05) is 20.2 Å². The number of halogens is 12. The zero-order valence-electron chi connectivity index (χ0n) is 16.3. The van der Waals surface area contributed by atoms with Gasteiger partial charge in [0.1, 0.15) is 5.60 Å². The average molecular weight is 476 g/mol. The lowest BCUT2D eigenvalue weighted by Crippen LogP contribution is -2.43. The third-order valence-electron chi connectivity index (χ3n) is 2.43. The molecule has 0 aromatic carbocycles. The number of rotatable bonds is 1. The normalized spacial score (nSPS) is 15.5. The fourth-order valence-corrected chi connectivity index (χ4v) is 1.60. The maximum Gasteiger partial charge on any atom is 0.673 e. The highest BCUT2D eigenvalue weighted by molar-refractivity contribution is 6.50. The molecule has 1 fully saturated rings. The summed E-state index contributed by atoms with van der Waals surface area (Å²) in [4.78, 5) is 13.4. The molecule has 19 heteroatoms. The quantitative estimate of drug-likeness (QED) is 0.348. The summed E-state index contributed by atoms with van der Waals surface area (Å²) in [5, 5.41) is 0. The van der Waals surface area contributed by atoms with Gasteiger partial charge in [0.25, 0.3) is 0 Å². The molecule has 184 valence electrons. The zero-order valence-corrected chi connectivity index (χ0v) is 16.3. The summed E-state index contributed by atoms with van der Waals surface area (Å²) in [6.07, 6.45) is 1.88. The zero-order chi connectivity index (χ0) is 25.0. The summed E-state index contributed by atoms with van der Waals surface area (Å²) >= 11 is 0. The van der Waals surface area contributed by atoms with Gasteiger partial charge in [0.2, 0.25) is 0 Å². The van der Waals surface area contributed by atoms with Gasteiger partial charge in [-0.2, -0.15) is 0 Å². The van der Waals surface area contributed by atoms with Gasteiger partial charge < -0.3 is 66.2 Å². The van der Waals surface area contributed by atoms with E-state index < -0.39 is 27.4 Å². The molecule has 0 bridgehead atoms. The minimum Gasteiger partial charge on any atom is -0.444 e. The maximum atomic E-state index is 11.7. The molecule has 1 aliphatic heterocycles. The first-order valence-corrected chi connectivity index (χ1v) is 8.05. The van der Waals surface area contributed by atoms with Crippen molar-refractivity contribution in [3.8, 4) is 0 Å². The number of nitrogens with zero attached hydrogens (tertiary/aromatic N) is 1. The second kappa shape index (κ2) is 13.8. The molecule has 1 heterocycles. The van der Waals surface area contributed by atoms with E-state index in [-0.39, 0.29) is 6.09 Å². The number of hydrogen-bond acceptors (Lipinski definition) is 3. The number of carbonyl (C=O) groups is 1. The summed E-state index contributed by atoms with van der Waals surface area (Å²) in [5.41, 5.74) is -0.408. The van der Waals surface area contributed by atoms with Crippen LogP contribution in [-0.4, -0.2) is 64.7 Å². The monoisotopic (exact) mass is 476 g/mol. The molecular formula is C11H21B3F12NO3-3. The molecule has 0 aromatic rings. The van der Waals surface area contributed by atoms with Crippen LogP contribution in [0.25, 0.3) is 0 Å². The lowest BCUT2D eigenvalue weighted by atomic mass is 10.1. The largest absolute Gasteiger partial charge is 0.673 e. The molecule has 4 nitrogen and oxygen atoms in total. The SMILES string of the molecule is COC1CCN(C(=O)OC(C)(C)C)CC1.F[B-](F)(F)F.F[B-](F)(F)F.F[B-](F)(F)F. The van der Waals surface area contributed by atoms with Gasteiger partial charge in [0.15, 0.2) is 0 Å². The van der Waals surface area contributed by atoms with Crippen LogP contribution in [-0.2, 0) is 9.47 Å². The Balaban J connectivity index is -0.000000400.